The van der Waals surface area contributed by atoms with Gasteiger partial charge in [0.05, 0.1) is 0 Å². The van der Waals surface area contributed by atoms with E-state index in [2.05, 4.69) is 103 Å². The van der Waals surface area contributed by atoms with Gasteiger partial charge in [-0.2, -0.15) is 0 Å². The zero-order valence-corrected chi connectivity index (χ0v) is 28.2. The molecule has 0 bridgehead atoms. The molecule has 0 spiro atoms. The Morgan fingerprint density at radius 3 is 1.50 bits per heavy atom. The third-order valence-electron chi connectivity index (χ3n) is 8.99. The Labute approximate surface area is 292 Å². The predicted octanol–water partition coefficient (Wildman–Crippen LogP) is 8.36. The van der Waals surface area contributed by atoms with Gasteiger partial charge in [-0.05, 0) is 81.5 Å². The van der Waals surface area contributed by atoms with Crippen LogP contribution in [0.15, 0.2) is 188 Å². The molecule has 242 valence electrons. The molecule has 0 unspecified atom stereocenters. The van der Waals surface area contributed by atoms with E-state index in [1.54, 1.807) is 6.07 Å². The molecule has 0 atom stereocenters. The first kappa shape index (κ1) is 32.9. The smallest absolute Gasteiger partial charge is 0.511 e. The molecule has 0 aliphatic heterocycles. The van der Waals surface area contributed by atoms with E-state index >= 15 is 0 Å². The Morgan fingerprint density at radius 2 is 0.960 bits per heavy atom. The molecule has 0 aliphatic rings. The third-order valence-corrected chi connectivity index (χ3v) is 13.3. The van der Waals surface area contributed by atoms with Crippen LogP contribution in [0.4, 0.5) is 0 Å². The Hall–Kier alpha value is -5.58. The average molecular weight is 670 g/mol. The molecule has 50 heavy (non-hydrogen) atoms. The number of Topliss-reactive ketones (excluding diaryl/α,β-unsaturated/α-hetero) is 1. The summed E-state index contributed by atoms with van der Waals surface area (Å²) in [5, 5.41) is 28.3. The Bertz CT molecular complexity index is 2270. The van der Waals surface area contributed by atoms with Crippen LogP contribution in [0.5, 0.6) is 5.75 Å². The second kappa shape index (κ2) is 14.9. The average Bonchev–Trinajstić information content (AvgIpc) is 3.17. The monoisotopic (exact) mass is 669 g/mol. The van der Waals surface area contributed by atoms with Crippen molar-refractivity contribution in [3.05, 3.63) is 194 Å². The fraction of sp³-hybridized carbons (Fsp3) is 0.0227. The molecule has 6 heteroatoms. The van der Waals surface area contributed by atoms with E-state index < -0.39 is 14.6 Å². The minimum atomic E-state index is -2.12. The van der Waals surface area contributed by atoms with Crippen LogP contribution in [-0.4, -0.2) is 29.3 Å². The van der Waals surface area contributed by atoms with Gasteiger partial charge >= 0.3 is 7.32 Å². The highest BCUT2D eigenvalue weighted by Gasteiger charge is 2.47. The fourth-order valence-electron chi connectivity index (χ4n) is 6.68. The van der Waals surface area contributed by atoms with Gasteiger partial charge in [0.2, 0.25) is 5.78 Å². The number of ketones is 1. The maximum absolute atomic E-state index is 13.4. The summed E-state index contributed by atoms with van der Waals surface area (Å²) in [6, 6.07) is 63.3. The molecule has 0 saturated carbocycles. The highest BCUT2D eigenvalue weighted by Crippen LogP contribution is 2.55. The van der Waals surface area contributed by atoms with Gasteiger partial charge in [0, 0.05) is 10.9 Å². The van der Waals surface area contributed by atoms with Crippen LogP contribution in [0.1, 0.15) is 10.4 Å². The number of carbonyl (C=O) groups is 1. The van der Waals surface area contributed by atoms with E-state index in [0.29, 0.717) is 11.9 Å². The van der Waals surface area contributed by atoms with Crippen molar-refractivity contribution in [2.24, 2.45) is 0 Å². The lowest BCUT2D eigenvalue weighted by Gasteiger charge is -2.27. The largest absolute Gasteiger partial charge is 0.707 e. The van der Waals surface area contributed by atoms with Crippen LogP contribution in [0, 0.1) is 0 Å². The molecular formula is C44H35BO4P+. The van der Waals surface area contributed by atoms with Crippen molar-refractivity contribution in [3.63, 3.8) is 0 Å². The van der Waals surface area contributed by atoms with E-state index in [1.807, 2.05) is 78.9 Å². The van der Waals surface area contributed by atoms with Crippen molar-refractivity contribution in [1.82, 2.24) is 0 Å². The lowest BCUT2D eigenvalue weighted by molar-refractivity contribution is 0.102. The number of benzene rings is 8. The van der Waals surface area contributed by atoms with Crippen molar-refractivity contribution in [2.45, 2.75) is 0 Å². The lowest BCUT2D eigenvalue weighted by Crippen LogP contribution is -2.35. The Kier molecular flexibility index (Phi) is 9.82. The van der Waals surface area contributed by atoms with Crippen LogP contribution in [-0.2, 0) is 0 Å². The molecule has 0 aliphatic carbocycles. The van der Waals surface area contributed by atoms with Crippen LogP contribution >= 0.6 is 7.26 Å². The molecule has 0 fully saturated rings. The van der Waals surface area contributed by atoms with Crippen molar-refractivity contribution in [1.29, 1.82) is 0 Å². The van der Waals surface area contributed by atoms with E-state index in [0.717, 1.165) is 32.5 Å². The van der Waals surface area contributed by atoms with Crippen molar-refractivity contribution < 1.29 is 19.5 Å². The van der Waals surface area contributed by atoms with Crippen LogP contribution in [0.25, 0.3) is 32.3 Å². The first-order valence-electron chi connectivity index (χ1n) is 16.5. The zero-order chi connectivity index (χ0) is 34.3. The molecule has 0 radical (unpaired) electrons. The molecule has 0 heterocycles. The fourth-order valence-corrected chi connectivity index (χ4v) is 10.8. The van der Waals surface area contributed by atoms with E-state index in [9.17, 15) is 4.79 Å². The normalized spacial score (nSPS) is 11.2. The summed E-state index contributed by atoms with van der Waals surface area (Å²) in [6.45, 7) is 0. The van der Waals surface area contributed by atoms with Gasteiger partial charge in [-0.15, -0.1) is 0 Å². The summed E-state index contributed by atoms with van der Waals surface area (Å²) < 4.78 is 5.16. The predicted molar refractivity (Wildman–Crippen MR) is 211 cm³/mol. The Balaban J connectivity index is 0.000000161. The summed E-state index contributed by atoms with van der Waals surface area (Å²) in [7, 11) is -3.96. The second-order valence-electron chi connectivity index (χ2n) is 12.0. The number of hydrogen-bond donors (Lipinski definition) is 2. The summed E-state index contributed by atoms with van der Waals surface area (Å²) >= 11 is 0. The first-order chi connectivity index (χ1) is 24.5. The van der Waals surface area contributed by atoms with Crippen LogP contribution in [0.2, 0.25) is 0 Å². The van der Waals surface area contributed by atoms with Gasteiger partial charge in [-0.25, -0.2) is 0 Å². The topological polar surface area (TPSA) is 66.8 Å². The molecule has 2 N–H and O–H groups in total. The SMILES string of the molecule is O=C(C[P+](c1ccccc1)(c1ccccc1)c1ccccc1)c1ccccc1.OB(O)Oc1cccc2ccc3cc4ccccc4cc3c12. The number of fused-ring (bicyclic) bond motifs is 4. The first-order valence-corrected chi connectivity index (χ1v) is 18.5. The zero-order valence-electron chi connectivity index (χ0n) is 27.3. The Morgan fingerprint density at radius 1 is 0.500 bits per heavy atom. The van der Waals surface area contributed by atoms with E-state index in [4.69, 9.17) is 14.7 Å². The molecule has 8 rings (SSSR count). The summed E-state index contributed by atoms with van der Waals surface area (Å²) in [5.41, 5.74) is 0.773. The molecule has 4 nitrogen and oxygen atoms in total. The van der Waals surface area contributed by atoms with Crippen molar-refractivity contribution in [3.8, 4) is 5.75 Å². The minimum absolute atomic E-state index is 0.186. The van der Waals surface area contributed by atoms with Gasteiger partial charge < -0.3 is 14.7 Å². The number of carbonyl (C=O) groups excluding carboxylic acids is 1. The van der Waals surface area contributed by atoms with Gasteiger partial charge in [0.25, 0.3) is 0 Å². The number of rotatable bonds is 8. The second-order valence-corrected chi connectivity index (χ2v) is 15.5. The van der Waals surface area contributed by atoms with Gasteiger partial charge in [-0.1, -0.05) is 133 Å². The maximum atomic E-state index is 13.4. The maximum Gasteiger partial charge on any atom is 0.707 e. The number of hydrogen-bond acceptors (Lipinski definition) is 4. The summed E-state index contributed by atoms with van der Waals surface area (Å²) in [4.78, 5) is 13.4. The molecule has 0 amide bonds. The minimum Gasteiger partial charge on any atom is -0.511 e. The molecule has 0 saturated heterocycles. The van der Waals surface area contributed by atoms with Gasteiger partial charge in [0.15, 0.2) is 0 Å². The van der Waals surface area contributed by atoms with Gasteiger partial charge in [-0.3, -0.25) is 4.79 Å². The quantitative estimate of drug-likeness (QED) is 0.0561. The standard InChI is InChI=1S/C26H22OP.C18H13BO3/c27-26(22-13-5-1-6-14-22)21-28(23-15-7-2-8-16-23,24-17-9-3-10-18-24)25-19-11-4-12-20-25;20-19(21)22-17-7-3-6-12-8-9-15-10-13-4-1-2-5-14(13)11-16(15)18(12)17/h1-20H,21H2;1-11,20-21H/q+1;. The molecule has 8 aromatic carbocycles. The highest BCUT2D eigenvalue weighted by atomic mass is 31.2. The lowest BCUT2D eigenvalue weighted by atomic mass is 9.97. The van der Waals surface area contributed by atoms with E-state index in [-0.39, 0.29) is 5.78 Å². The third kappa shape index (κ3) is 6.81. The van der Waals surface area contributed by atoms with E-state index in [1.165, 1.54) is 21.3 Å². The van der Waals surface area contributed by atoms with Gasteiger partial charge in [0.1, 0.15) is 35.1 Å². The van der Waals surface area contributed by atoms with Crippen LogP contribution in [0.3, 0.4) is 0 Å². The van der Waals surface area contributed by atoms with Crippen molar-refractivity contribution >= 4 is 68.6 Å². The summed E-state index contributed by atoms with van der Waals surface area (Å²) in [5.74, 6) is 0.652. The molecular weight excluding hydrogens is 634 g/mol. The molecule has 8 aromatic rings. The summed E-state index contributed by atoms with van der Waals surface area (Å²) in [6.07, 6.45) is 0.481. The highest BCUT2D eigenvalue weighted by molar-refractivity contribution is 7.96. The van der Waals surface area contributed by atoms with Crippen molar-refractivity contribution in [2.75, 3.05) is 6.16 Å². The molecule has 0 aromatic heterocycles. The van der Waals surface area contributed by atoms with Crippen LogP contribution < -0.4 is 20.6 Å².